The van der Waals surface area contributed by atoms with E-state index in [0.717, 1.165) is 0 Å². The topological polar surface area (TPSA) is 85.0 Å². The van der Waals surface area contributed by atoms with Crippen molar-refractivity contribution in [1.29, 1.82) is 5.26 Å². The predicted octanol–water partition coefficient (Wildman–Crippen LogP) is 2.05. The molecule has 0 N–H and O–H groups in total. The first-order valence-electron chi connectivity index (χ1n) is 6.58. The largest absolute Gasteiger partial charge is 0.442 e. The molecule has 1 atom stereocenters. The molecule has 0 unspecified atom stereocenters. The molecule has 0 aliphatic heterocycles. The van der Waals surface area contributed by atoms with Crippen molar-refractivity contribution in [2.75, 3.05) is 0 Å². The summed E-state index contributed by atoms with van der Waals surface area (Å²) in [4.78, 5) is 24.5. The first-order chi connectivity index (χ1) is 9.95. The van der Waals surface area contributed by atoms with Crippen molar-refractivity contribution in [1.82, 2.24) is 9.78 Å². The van der Waals surface area contributed by atoms with E-state index in [2.05, 4.69) is 5.10 Å². The number of hydrogen-bond acceptors (Lipinski definition) is 5. The van der Waals surface area contributed by atoms with Crippen molar-refractivity contribution in [3.8, 4) is 6.07 Å². The maximum atomic E-state index is 12.3. The number of carbonyl (C=O) groups excluding carboxylic acids is 1. The molecule has 0 saturated carbocycles. The van der Waals surface area contributed by atoms with Gasteiger partial charge in [-0.05, 0) is 26.8 Å². The van der Waals surface area contributed by atoms with Crippen LogP contribution in [0.15, 0.2) is 29.1 Å². The van der Waals surface area contributed by atoms with E-state index in [1.54, 1.807) is 38.1 Å². The standard InChI is InChI=1S/C15H15N3O3/c1-9(2)18-14(19)12-7-5-4-6-11(12)13(17-18)15(20)21-10(3)8-16/h4-7,9-10H,1-3H3/t10-/m1/s1. The zero-order valence-electron chi connectivity index (χ0n) is 12.0. The molecular weight excluding hydrogens is 270 g/mol. The van der Waals surface area contributed by atoms with Crippen molar-refractivity contribution < 1.29 is 9.53 Å². The quantitative estimate of drug-likeness (QED) is 0.806. The Bertz CT molecular complexity index is 787. The number of esters is 1. The van der Waals surface area contributed by atoms with E-state index in [-0.39, 0.29) is 17.3 Å². The van der Waals surface area contributed by atoms with E-state index in [0.29, 0.717) is 10.8 Å². The van der Waals surface area contributed by atoms with E-state index in [9.17, 15) is 9.59 Å². The molecule has 0 bridgehead atoms. The van der Waals surface area contributed by atoms with Gasteiger partial charge in [0.15, 0.2) is 11.8 Å². The van der Waals surface area contributed by atoms with Crippen molar-refractivity contribution in [2.45, 2.75) is 32.9 Å². The van der Waals surface area contributed by atoms with E-state index in [1.165, 1.54) is 11.6 Å². The minimum atomic E-state index is -0.877. The number of ether oxygens (including phenoxy) is 1. The number of benzene rings is 1. The van der Waals surface area contributed by atoms with E-state index >= 15 is 0 Å². The van der Waals surface area contributed by atoms with Crippen LogP contribution in [-0.4, -0.2) is 21.9 Å². The van der Waals surface area contributed by atoms with Crippen molar-refractivity contribution in [3.05, 3.63) is 40.3 Å². The van der Waals surface area contributed by atoms with Crippen LogP contribution >= 0.6 is 0 Å². The lowest BCUT2D eigenvalue weighted by molar-refractivity contribution is 0.0428. The lowest BCUT2D eigenvalue weighted by atomic mass is 10.1. The summed E-state index contributed by atoms with van der Waals surface area (Å²) in [7, 11) is 0. The number of nitrogens with zero attached hydrogens (tertiary/aromatic N) is 3. The number of hydrogen-bond donors (Lipinski definition) is 0. The van der Waals surface area contributed by atoms with Crippen LogP contribution in [0.3, 0.4) is 0 Å². The average molecular weight is 285 g/mol. The molecule has 2 rings (SSSR count). The van der Waals surface area contributed by atoms with Crippen LogP contribution in [0.4, 0.5) is 0 Å². The van der Waals surface area contributed by atoms with Crippen LogP contribution in [0, 0.1) is 11.3 Å². The fourth-order valence-corrected chi connectivity index (χ4v) is 1.95. The van der Waals surface area contributed by atoms with Gasteiger partial charge in [0.05, 0.1) is 11.4 Å². The molecule has 0 aliphatic rings. The summed E-state index contributed by atoms with van der Waals surface area (Å²) in [5, 5.41) is 13.7. The number of aromatic nitrogens is 2. The summed E-state index contributed by atoms with van der Waals surface area (Å²) < 4.78 is 6.24. The van der Waals surface area contributed by atoms with Gasteiger partial charge in [-0.25, -0.2) is 9.48 Å². The highest BCUT2D eigenvalue weighted by Gasteiger charge is 2.20. The molecule has 1 heterocycles. The fourth-order valence-electron chi connectivity index (χ4n) is 1.95. The van der Waals surface area contributed by atoms with E-state index in [1.807, 2.05) is 6.07 Å². The highest BCUT2D eigenvalue weighted by molar-refractivity contribution is 6.02. The number of fused-ring (bicyclic) bond motifs is 1. The van der Waals surface area contributed by atoms with Crippen molar-refractivity contribution >= 4 is 16.7 Å². The third-order valence-corrected chi connectivity index (χ3v) is 2.98. The summed E-state index contributed by atoms with van der Waals surface area (Å²) in [6.45, 7) is 5.07. The Hall–Kier alpha value is -2.68. The first kappa shape index (κ1) is 14.7. The van der Waals surface area contributed by atoms with Gasteiger partial charge in [0.2, 0.25) is 0 Å². The van der Waals surface area contributed by atoms with Crippen LogP contribution in [-0.2, 0) is 4.74 Å². The summed E-state index contributed by atoms with van der Waals surface area (Å²) in [6, 6.07) is 8.35. The van der Waals surface area contributed by atoms with Gasteiger partial charge in [-0.3, -0.25) is 4.79 Å². The fraction of sp³-hybridized carbons (Fsp3) is 0.333. The second-order valence-electron chi connectivity index (χ2n) is 4.91. The van der Waals surface area contributed by atoms with Gasteiger partial charge in [0.25, 0.3) is 5.56 Å². The Morgan fingerprint density at radius 1 is 1.29 bits per heavy atom. The third-order valence-electron chi connectivity index (χ3n) is 2.98. The molecule has 0 amide bonds. The summed E-state index contributed by atoms with van der Waals surface area (Å²) in [5.74, 6) is -0.713. The minimum absolute atomic E-state index is 0.0426. The smallest absolute Gasteiger partial charge is 0.360 e. The molecule has 2 aromatic rings. The van der Waals surface area contributed by atoms with Crippen LogP contribution < -0.4 is 5.56 Å². The Balaban J connectivity index is 2.68. The lowest BCUT2D eigenvalue weighted by Crippen LogP contribution is -2.28. The zero-order valence-corrected chi connectivity index (χ0v) is 12.0. The second-order valence-corrected chi connectivity index (χ2v) is 4.91. The Morgan fingerprint density at radius 2 is 1.90 bits per heavy atom. The van der Waals surface area contributed by atoms with Crippen LogP contribution in [0.5, 0.6) is 0 Å². The van der Waals surface area contributed by atoms with Crippen LogP contribution in [0.2, 0.25) is 0 Å². The maximum absolute atomic E-state index is 12.3. The molecule has 108 valence electrons. The van der Waals surface area contributed by atoms with Gasteiger partial charge < -0.3 is 4.74 Å². The van der Waals surface area contributed by atoms with Gasteiger partial charge in [-0.2, -0.15) is 10.4 Å². The van der Waals surface area contributed by atoms with Gasteiger partial charge in [0, 0.05) is 5.39 Å². The molecule has 0 fully saturated rings. The van der Waals surface area contributed by atoms with Crippen LogP contribution in [0.25, 0.3) is 10.8 Å². The molecule has 0 saturated heterocycles. The maximum Gasteiger partial charge on any atom is 0.360 e. The Kier molecular flexibility index (Phi) is 4.03. The van der Waals surface area contributed by atoms with Crippen molar-refractivity contribution in [2.24, 2.45) is 0 Å². The minimum Gasteiger partial charge on any atom is -0.442 e. The van der Waals surface area contributed by atoms with Crippen LogP contribution in [0.1, 0.15) is 37.3 Å². The Morgan fingerprint density at radius 3 is 2.48 bits per heavy atom. The number of nitriles is 1. The molecule has 1 aromatic carbocycles. The zero-order chi connectivity index (χ0) is 15.6. The summed E-state index contributed by atoms with van der Waals surface area (Å²) in [5.41, 5.74) is -0.216. The van der Waals surface area contributed by atoms with Crippen molar-refractivity contribution in [3.63, 3.8) is 0 Å². The molecular formula is C15H15N3O3. The molecule has 6 heteroatoms. The van der Waals surface area contributed by atoms with Gasteiger partial charge >= 0.3 is 5.97 Å². The highest BCUT2D eigenvalue weighted by atomic mass is 16.5. The highest BCUT2D eigenvalue weighted by Crippen LogP contribution is 2.16. The average Bonchev–Trinajstić information content (AvgIpc) is 2.47. The molecule has 21 heavy (non-hydrogen) atoms. The van der Waals surface area contributed by atoms with Gasteiger partial charge in [0.1, 0.15) is 6.07 Å². The van der Waals surface area contributed by atoms with Gasteiger partial charge in [-0.15, -0.1) is 0 Å². The summed E-state index contributed by atoms with van der Waals surface area (Å²) in [6.07, 6.45) is -0.877. The number of carbonyl (C=O) groups is 1. The molecule has 1 aromatic heterocycles. The number of rotatable bonds is 3. The molecule has 0 aliphatic carbocycles. The monoisotopic (exact) mass is 285 g/mol. The molecule has 0 spiro atoms. The summed E-state index contributed by atoms with van der Waals surface area (Å²) >= 11 is 0. The predicted molar refractivity (Wildman–Crippen MR) is 76.9 cm³/mol. The molecule has 6 nitrogen and oxygen atoms in total. The second kappa shape index (κ2) is 5.75. The Labute approximate surface area is 121 Å². The molecule has 0 radical (unpaired) electrons. The first-order valence-corrected chi connectivity index (χ1v) is 6.58. The normalized spacial score (nSPS) is 12.1. The SMILES string of the molecule is CC(C)n1nc(C(=O)O[C@H](C)C#N)c2ccccc2c1=O. The van der Waals surface area contributed by atoms with E-state index in [4.69, 9.17) is 10.00 Å². The van der Waals surface area contributed by atoms with E-state index < -0.39 is 12.1 Å². The van der Waals surface area contributed by atoms with Gasteiger partial charge in [-0.1, -0.05) is 18.2 Å². The lowest BCUT2D eigenvalue weighted by Gasteiger charge is -2.13. The third kappa shape index (κ3) is 2.77.